The first-order valence-corrected chi connectivity index (χ1v) is 8.26. The van der Waals surface area contributed by atoms with Gasteiger partial charge in [-0.25, -0.2) is 0 Å². The van der Waals surface area contributed by atoms with E-state index in [1.54, 1.807) is 0 Å². The SMILES string of the molecule is CC1CC(C)CN(c2ccc(Cl)cc2CNC2CC2)C1. The molecule has 2 aliphatic rings. The number of hydrogen-bond donors (Lipinski definition) is 1. The normalized spacial score (nSPS) is 26.9. The molecule has 0 bridgehead atoms. The van der Waals surface area contributed by atoms with Gasteiger partial charge in [0.2, 0.25) is 0 Å². The smallest absolute Gasteiger partial charge is 0.0413 e. The number of rotatable bonds is 4. The summed E-state index contributed by atoms with van der Waals surface area (Å²) in [6, 6.07) is 7.11. The molecule has 20 heavy (non-hydrogen) atoms. The number of halogens is 1. The molecule has 2 atom stereocenters. The Kier molecular flexibility index (Phi) is 4.23. The second-order valence-corrected chi connectivity index (χ2v) is 7.22. The summed E-state index contributed by atoms with van der Waals surface area (Å²) in [4.78, 5) is 2.55. The predicted octanol–water partition coefficient (Wildman–Crippen LogP) is 4.07. The Bertz CT molecular complexity index is 460. The first-order valence-electron chi connectivity index (χ1n) is 7.88. The molecule has 0 radical (unpaired) electrons. The third-order valence-corrected chi connectivity index (χ3v) is 4.64. The fourth-order valence-corrected chi connectivity index (χ4v) is 3.60. The number of benzene rings is 1. The summed E-state index contributed by atoms with van der Waals surface area (Å²) >= 11 is 6.20. The summed E-state index contributed by atoms with van der Waals surface area (Å²) in [5.74, 6) is 1.55. The van der Waals surface area contributed by atoms with Gasteiger partial charge in [-0.15, -0.1) is 0 Å². The Labute approximate surface area is 127 Å². The standard InChI is InChI=1S/C17H25ClN2/c1-12-7-13(2)11-20(10-12)17-6-3-15(18)8-14(17)9-19-16-4-5-16/h3,6,8,12-13,16,19H,4-5,7,9-11H2,1-2H3. The average Bonchev–Trinajstić information content (AvgIpc) is 3.19. The molecule has 3 heteroatoms. The fraction of sp³-hybridized carbons (Fsp3) is 0.647. The zero-order valence-corrected chi connectivity index (χ0v) is 13.3. The van der Waals surface area contributed by atoms with Crippen LogP contribution in [0, 0.1) is 11.8 Å². The zero-order chi connectivity index (χ0) is 14.1. The molecular weight excluding hydrogens is 268 g/mol. The summed E-state index contributed by atoms with van der Waals surface area (Å²) in [6.45, 7) is 8.01. The van der Waals surface area contributed by atoms with Crippen LogP contribution < -0.4 is 10.2 Å². The highest BCUT2D eigenvalue weighted by atomic mass is 35.5. The highest BCUT2D eigenvalue weighted by Crippen LogP contribution is 2.31. The van der Waals surface area contributed by atoms with Gasteiger partial charge in [0.15, 0.2) is 0 Å². The molecule has 2 fully saturated rings. The van der Waals surface area contributed by atoms with Crippen molar-refractivity contribution >= 4 is 17.3 Å². The van der Waals surface area contributed by atoms with E-state index in [-0.39, 0.29) is 0 Å². The molecule has 0 amide bonds. The number of nitrogens with one attached hydrogen (secondary N) is 1. The summed E-state index contributed by atoms with van der Waals surface area (Å²) in [6.07, 6.45) is 4.00. The van der Waals surface area contributed by atoms with Crippen LogP contribution in [0.25, 0.3) is 0 Å². The van der Waals surface area contributed by atoms with Crippen molar-refractivity contribution in [1.29, 1.82) is 0 Å². The number of piperidine rings is 1. The lowest BCUT2D eigenvalue weighted by atomic mass is 9.91. The Morgan fingerprint density at radius 2 is 1.90 bits per heavy atom. The molecule has 0 aromatic heterocycles. The Morgan fingerprint density at radius 3 is 2.55 bits per heavy atom. The van der Waals surface area contributed by atoms with Crippen LogP contribution in [0.4, 0.5) is 5.69 Å². The molecule has 1 aromatic carbocycles. The lowest BCUT2D eigenvalue weighted by Crippen LogP contribution is -2.39. The van der Waals surface area contributed by atoms with Crippen molar-refractivity contribution in [3.05, 3.63) is 28.8 Å². The maximum atomic E-state index is 6.20. The van der Waals surface area contributed by atoms with Crippen LogP contribution in [-0.2, 0) is 6.54 Å². The molecule has 1 heterocycles. The van der Waals surface area contributed by atoms with Crippen molar-refractivity contribution in [3.63, 3.8) is 0 Å². The van der Waals surface area contributed by atoms with Gasteiger partial charge in [0.25, 0.3) is 0 Å². The van der Waals surface area contributed by atoms with Gasteiger partial charge in [0.1, 0.15) is 0 Å². The van der Waals surface area contributed by atoms with E-state index in [0.29, 0.717) is 0 Å². The van der Waals surface area contributed by atoms with Gasteiger partial charge in [-0.05, 0) is 54.9 Å². The van der Waals surface area contributed by atoms with E-state index in [4.69, 9.17) is 11.6 Å². The molecule has 1 aliphatic heterocycles. The van der Waals surface area contributed by atoms with Gasteiger partial charge in [-0.2, -0.15) is 0 Å². The quantitative estimate of drug-likeness (QED) is 0.900. The van der Waals surface area contributed by atoms with Crippen LogP contribution in [0.2, 0.25) is 5.02 Å². The molecule has 2 nitrogen and oxygen atoms in total. The largest absolute Gasteiger partial charge is 0.371 e. The fourth-order valence-electron chi connectivity index (χ4n) is 3.41. The number of hydrogen-bond acceptors (Lipinski definition) is 2. The highest BCUT2D eigenvalue weighted by molar-refractivity contribution is 6.30. The lowest BCUT2D eigenvalue weighted by Gasteiger charge is -2.37. The molecule has 1 saturated carbocycles. The predicted molar refractivity (Wildman–Crippen MR) is 86.5 cm³/mol. The van der Waals surface area contributed by atoms with Gasteiger partial charge in [-0.1, -0.05) is 25.4 Å². The second kappa shape index (κ2) is 5.95. The number of nitrogens with zero attached hydrogens (tertiary/aromatic N) is 1. The van der Waals surface area contributed by atoms with Crippen LogP contribution in [0.15, 0.2) is 18.2 Å². The van der Waals surface area contributed by atoms with Crippen LogP contribution >= 0.6 is 11.6 Å². The summed E-state index contributed by atoms with van der Waals surface area (Å²) < 4.78 is 0. The van der Waals surface area contributed by atoms with Crippen molar-refractivity contribution in [2.45, 2.75) is 45.7 Å². The molecule has 1 N–H and O–H groups in total. The van der Waals surface area contributed by atoms with Crippen molar-refractivity contribution in [2.24, 2.45) is 11.8 Å². The summed E-state index contributed by atoms with van der Waals surface area (Å²) in [7, 11) is 0. The third-order valence-electron chi connectivity index (χ3n) is 4.41. The van der Waals surface area contributed by atoms with E-state index in [2.05, 4.69) is 36.2 Å². The van der Waals surface area contributed by atoms with Crippen LogP contribution in [0.5, 0.6) is 0 Å². The Balaban J connectivity index is 1.79. The van der Waals surface area contributed by atoms with E-state index in [1.807, 2.05) is 6.07 Å². The highest BCUT2D eigenvalue weighted by Gasteiger charge is 2.25. The van der Waals surface area contributed by atoms with E-state index >= 15 is 0 Å². The van der Waals surface area contributed by atoms with Gasteiger partial charge in [0, 0.05) is 36.4 Å². The monoisotopic (exact) mass is 292 g/mol. The van der Waals surface area contributed by atoms with Crippen LogP contribution in [-0.4, -0.2) is 19.1 Å². The maximum Gasteiger partial charge on any atom is 0.0413 e. The molecular formula is C17H25ClN2. The third kappa shape index (κ3) is 3.48. The minimum absolute atomic E-state index is 0.737. The average molecular weight is 293 g/mol. The van der Waals surface area contributed by atoms with Crippen LogP contribution in [0.1, 0.15) is 38.7 Å². The van der Waals surface area contributed by atoms with E-state index in [1.165, 1.54) is 43.6 Å². The molecule has 1 aliphatic carbocycles. The van der Waals surface area contributed by atoms with Gasteiger partial charge >= 0.3 is 0 Å². The van der Waals surface area contributed by atoms with Gasteiger partial charge in [-0.3, -0.25) is 0 Å². The Morgan fingerprint density at radius 1 is 1.20 bits per heavy atom. The van der Waals surface area contributed by atoms with E-state index < -0.39 is 0 Å². The zero-order valence-electron chi connectivity index (χ0n) is 12.5. The van der Waals surface area contributed by atoms with Crippen LogP contribution in [0.3, 0.4) is 0 Å². The first-order chi connectivity index (χ1) is 9.61. The van der Waals surface area contributed by atoms with Gasteiger partial charge in [0.05, 0.1) is 0 Å². The lowest BCUT2D eigenvalue weighted by molar-refractivity contribution is 0.356. The summed E-state index contributed by atoms with van der Waals surface area (Å²) in [5, 5.41) is 4.46. The molecule has 1 saturated heterocycles. The minimum atomic E-state index is 0.737. The molecule has 110 valence electrons. The molecule has 1 aromatic rings. The first kappa shape index (κ1) is 14.2. The Hall–Kier alpha value is -0.730. The van der Waals surface area contributed by atoms with Crippen molar-refractivity contribution in [2.75, 3.05) is 18.0 Å². The maximum absolute atomic E-state index is 6.20. The van der Waals surface area contributed by atoms with Crippen molar-refractivity contribution in [1.82, 2.24) is 5.32 Å². The van der Waals surface area contributed by atoms with Gasteiger partial charge < -0.3 is 10.2 Å². The van der Waals surface area contributed by atoms with Crippen molar-refractivity contribution in [3.8, 4) is 0 Å². The number of anilines is 1. The van der Waals surface area contributed by atoms with E-state index in [9.17, 15) is 0 Å². The topological polar surface area (TPSA) is 15.3 Å². The summed E-state index contributed by atoms with van der Waals surface area (Å²) in [5.41, 5.74) is 2.73. The minimum Gasteiger partial charge on any atom is -0.371 e. The molecule has 0 spiro atoms. The molecule has 3 rings (SSSR count). The molecule has 2 unspecified atom stereocenters. The van der Waals surface area contributed by atoms with E-state index in [0.717, 1.165) is 29.4 Å². The van der Waals surface area contributed by atoms with Crippen molar-refractivity contribution < 1.29 is 0 Å². The second-order valence-electron chi connectivity index (χ2n) is 6.78.